The second kappa shape index (κ2) is 4.29. The third-order valence-corrected chi connectivity index (χ3v) is 2.45. The average Bonchev–Trinajstić information content (AvgIpc) is 2.10. The summed E-state index contributed by atoms with van der Waals surface area (Å²) in [4.78, 5) is 25.2. The van der Waals surface area contributed by atoms with Crippen LogP contribution >= 0.6 is 0 Å². The minimum Gasteiger partial charge on any atom is -0.443 e. The Kier molecular flexibility index (Phi) is 3.52. The number of nitrogens with zero attached hydrogens (tertiary/aromatic N) is 1. The molecule has 1 aliphatic heterocycles. The SMILES string of the molecule is C[C@@H]1COC(C)(C)C(=O)N1C(=O)OC(C)(C)C. The van der Waals surface area contributed by atoms with Gasteiger partial charge in [0.15, 0.2) is 0 Å². The summed E-state index contributed by atoms with van der Waals surface area (Å²) in [5.41, 5.74) is -1.58. The zero-order chi connectivity index (χ0) is 13.4. The molecular formula is C12H21NO4. The molecule has 98 valence electrons. The van der Waals surface area contributed by atoms with E-state index < -0.39 is 17.3 Å². The standard InChI is InChI=1S/C12H21NO4/c1-8-7-16-12(5,6)9(14)13(8)10(15)17-11(2,3)4/h8H,7H2,1-6H3/t8-/m1/s1. The summed E-state index contributed by atoms with van der Waals surface area (Å²) >= 11 is 0. The fraction of sp³-hybridized carbons (Fsp3) is 0.833. The molecule has 5 nitrogen and oxygen atoms in total. The van der Waals surface area contributed by atoms with Crippen LogP contribution in [-0.2, 0) is 14.3 Å². The minimum absolute atomic E-state index is 0.301. The van der Waals surface area contributed by atoms with Gasteiger partial charge in [0.1, 0.15) is 11.2 Å². The summed E-state index contributed by atoms with van der Waals surface area (Å²) < 4.78 is 10.6. The zero-order valence-corrected chi connectivity index (χ0v) is 11.4. The highest BCUT2D eigenvalue weighted by Gasteiger charge is 2.44. The molecule has 1 aliphatic rings. The van der Waals surface area contributed by atoms with Crippen LogP contribution in [0, 0.1) is 0 Å². The molecule has 0 bridgehead atoms. The van der Waals surface area contributed by atoms with Crippen molar-refractivity contribution in [1.29, 1.82) is 0 Å². The van der Waals surface area contributed by atoms with Crippen molar-refractivity contribution in [1.82, 2.24) is 4.90 Å². The molecule has 1 heterocycles. The van der Waals surface area contributed by atoms with Gasteiger partial charge in [-0.2, -0.15) is 0 Å². The van der Waals surface area contributed by atoms with Gasteiger partial charge >= 0.3 is 6.09 Å². The van der Waals surface area contributed by atoms with Crippen LogP contribution in [0.25, 0.3) is 0 Å². The van der Waals surface area contributed by atoms with Gasteiger partial charge in [-0.1, -0.05) is 0 Å². The van der Waals surface area contributed by atoms with E-state index in [-0.39, 0.29) is 11.9 Å². The Balaban J connectivity index is 2.87. The molecule has 0 aromatic carbocycles. The van der Waals surface area contributed by atoms with Crippen LogP contribution in [0.2, 0.25) is 0 Å². The van der Waals surface area contributed by atoms with Crippen molar-refractivity contribution in [3.8, 4) is 0 Å². The third kappa shape index (κ3) is 3.19. The smallest absolute Gasteiger partial charge is 0.417 e. The van der Waals surface area contributed by atoms with E-state index in [4.69, 9.17) is 9.47 Å². The van der Waals surface area contributed by atoms with E-state index in [2.05, 4.69) is 0 Å². The fourth-order valence-electron chi connectivity index (χ4n) is 1.53. The number of amides is 2. The average molecular weight is 243 g/mol. The summed E-state index contributed by atoms with van der Waals surface area (Å²) in [5, 5.41) is 0. The van der Waals surface area contributed by atoms with Gasteiger partial charge in [0.05, 0.1) is 12.6 Å². The lowest BCUT2D eigenvalue weighted by molar-refractivity contribution is -0.170. The maximum absolute atomic E-state index is 12.1. The van der Waals surface area contributed by atoms with Crippen LogP contribution in [0.1, 0.15) is 41.5 Å². The second-order valence-corrected chi connectivity index (χ2v) is 5.83. The Morgan fingerprint density at radius 3 is 2.47 bits per heavy atom. The minimum atomic E-state index is -0.969. The summed E-state index contributed by atoms with van der Waals surface area (Å²) in [5.74, 6) is -0.356. The molecule has 0 spiro atoms. The number of hydrogen-bond donors (Lipinski definition) is 0. The predicted octanol–water partition coefficient (Wildman–Crippen LogP) is 1.95. The van der Waals surface area contributed by atoms with Gasteiger partial charge in [-0.25, -0.2) is 9.69 Å². The van der Waals surface area contributed by atoms with Gasteiger partial charge < -0.3 is 9.47 Å². The van der Waals surface area contributed by atoms with Crippen LogP contribution in [0.3, 0.4) is 0 Å². The van der Waals surface area contributed by atoms with Crippen molar-refractivity contribution in [2.24, 2.45) is 0 Å². The first kappa shape index (κ1) is 14.0. The van der Waals surface area contributed by atoms with Crippen molar-refractivity contribution < 1.29 is 19.1 Å². The van der Waals surface area contributed by atoms with Crippen molar-refractivity contribution in [2.45, 2.75) is 58.8 Å². The van der Waals surface area contributed by atoms with Gasteiger partial charge in [-0.15, -0.1) is 0 Å². The van der Waals surface area contributed by atoms with Gasteiger partial charge in [0, 0.05) is 0 Å². The molecular weight excluding hydrogens is 222 g/mol. The molecule has 1 rings (SSSR count). The molecule has 1 fully saturated rings. The predicted molar refractivity (Wildman–Crippen MR) is 62.6 cm³/mol. The van der Waals surface area contributed by atoms with Gasteiger partial charge in [0.25, 0.3) is 5.91 Å². The quantitative estimate of drug-likeness (QED) is 0.652. The van der Waals surface area contributed by atoms with Crippen molar-refractivity contribution in [3.05, 3.63) is 0 Å². The van der Waals surface area contributed by atoms with Gasteiger partial charge in [0.2, 0.25) is 0 Å². The molecule has 1 saturated heterocycles. The lowest BCUT2D eigenvalue weighted by atomic mass is 10.0. The van der Waals surface area contributed by atoms with Crippen LogP contribution in [-0.4, -0.2) is 40.8 Å². The summed E-state index contributed by atoms with van der Waals surface area (Å²) in [6.45, 7) is 10.7. The lowest BCUT2D eigenvalue weighted by Gasteiger charge is -2.40. The maximum Gasteiger partial charge on any atom is 0.417 e. The Bertz CT molecular complexity index is 330. The Morgan fingerprint density at radius 2 is 2.00 bits per heavy atom. The monoisotopic (exact) mass is 243 g/mol. The number of morpholine rings is 1. The number of hydrogen-bond acceptors (Lipinski definition) is 4. The summed E-state index contributed by atoms with van der Waals surface area (Å²) in [7, 11) is 0. The maximum atomic E-state index is 12.1. The number of imide groups is 1. The first-order valence-corrected chi connectivity index (χ1v) is 5.75. The lowest BCUT2D eigenvalue weighted by Crippen LogP contribution is -2.60. The molecule has 5 heteroatoms. The van der Waals surface area contributed by atoms with Crippen LogP contribution in [0.4, 0.5) is 4.79 Å². The van der Waals surface area contributed by atoms with E-state index in [1.165, 1.54) is 0 Å². The highest BCUT2D eigenvalue weighted by atomic mass is 16.6. The van der Waals surface area contributed by atoms with Gasteiger partial charge in [-0.05, 0) is 41.5 Å². The number of ether oxygens (including phenoxy) is 2. The first-order chi connectivity index (χ1) is 7.54. The fourth-order valence-corrected chi connectivity index (χ4v) is 1.53. The topological polar surface area (TPSA) is 55.8 Å². The summed E-state index contributed by atoms with van der Waals surface area (Å²) in [6, 6.07) is -0.301. The molecule has 0 unspecified atom stereocenters. The van der Waals surface area contributed by atoms with E-state index in [0.717, 1.165) is 4.90 Å². The highest BCUT2D eigenvalue weighted by Crippen LogP contribution is 2.24. The van der Waals surface area contributed by atoms with Crippen LogP contribution in [0.5, 0.6) is 0 Å². The van der Waals surface area contributed by atoms with E-state index in [0.29, 0.717) is 6.61 Å². The molecule has 0 aromatic heterocycles. The normalized spacial score (nSPS) is 24.7. The number of rotatable bonds is 0. The highest BCUT2D eigenvalue weighted by molar-refractivity contribution is 5.97. The Labute approximate surface area is 102 Å². The van der Waals surface area contributed by atoms with E-state index in [1.807, 2.05) is 0 Å². The molecule has 0 saturated carbocycles. The molecule has 0 N–H and O–H groups in total. The second-order valence-electron chi connectivity index (χ2n) is 5.83. The Hall–Kier alpha value is -1.10. The zero-order valence-electron chi connectivity index (χ0n) is 11.4. The van der Waals surface area contributed by atoms with E-state index >= 15 is 0 Å². The van der Waals surface area contributed by atoms with Crippen molar-refractivity contribution in [2.75, 3.05) is 6.61 Å². The van der Waals surface area contributed by atoms with Crippen molar-refractivity contribution >= 4 is 12.0 Å². The molecule has 17 heavy (non-hydrogen) atoms. The van der Waals surface area contributed by atoms with Gasteiger partial charge in [-0.3, -0.25) is 4.79 Å². The van der Waals surface area contributed by atoms with Crippen LogP contribution in [0.15, 0.2) is 0 Å². The van der Waals surface area contributed by atoms with E-state index in [9.17, 15) is 9.59 Å². The Morgan fingerprint density at radius 1 is 1.47 bits per heavy atom. The third-order valence-electron chi connectivity index (χ3n) is 2.45. The first-order valence-electron chi connectivity index (χ1n) is 5.75. The van der Waals surface area contributed by atoms with E-state index in [1.54, 1.807) is 41.5 Å². The number of carbonyl (C=O) groups excluding carboxylic acids is 2. The molecule has 0 aromatic rings. The largest absolute Gasteiger partial charge is 0.443 e. The number of carbonyl (C=O) groups is 2. The van der Waals surface area contributed by atoms with Crippen LogP contribution < -0.4 is 0 Å². The molecule has 0 aliphatic carbocycles. The van der Waals surface area contributed by atoms with Crippen molar-refractivity contribution in [3.63, 3.8) is 0 Å². The molecule has 0 radical (unpaired) electrons. The molecule has 2 amide bonds. The molecule has 1 atom stereocenters. The summed E-state index contributed by atoms with van der Waals surface area (Å²) in [6.07, 6.45) is -0.605.